The summed E-state index contributed by atoms with van der Waals surface area (Å²) in [4.78, 5) is 25.6. The number of hydrogen-bond donors (Lipinski definition) is 0. The topological polar surface area (TPSA) is 52.6 Å². The lowest BCUT2D eigenvalue weighted by atomic mass is 9.74. The molecule has 0 saturated heterocycles. The fourth-order valence-electron chi connectivity index (χ4n) is 8.66. The Morgan fingerprint density at radius 1 is 0.964 bits per heavy atom. The molecular formula is C24H28O4. The van der Waals surface area contributed by atoms with Crippen LogP contribution in [0.25, 0.3) is 0 Å². The lowest BCUT2D eigenvalue weighted by molar-refractivity contribution is -0.170. The Morgan fingerprint density at radius 2 is 1.57 bits per heavy atom. The first-order chi connectivity index (χ1) is 13.6. The quantitative estimate of drug-likeness (QED) is 0.589. The summed E-state index contributed by atoms with van der Waals surface area (Å²) in [5.74, 6) is 4.20. The van der Waals surface area contributed by atoms with Gasteiger partial charge in [0.15, 0.2) is 5.41 Å². The van der Waals surface area contributed by atoms with Crippen LogP contribution in [0.1, 0.15) is 43.6 Å². The Balaban J connectivity index is 1.40. The summed E-state index contributed by atoms with van der Waals surface area (Å²) in [6.07, 6.45) is 5.38. The van der Waals surface area contributed by atoms with Crippen LogP contribution in [0.15, 0.2) is 30.3 Å². The predicted molar refractivity (Wildman–Crippen MR) is 102 cm³/mol. The minimum Gasteiger partial charge on any atom is -0.468 e. The van der Waals surface area contributed by atoms with Crippen LogP contribution in [-0.4, -0.2) is 26.2 Å². The summed E-state index contributed by atoms with van der Waals surface area (Å²) in [5, 5.41) is 0. The van der Waals surface area contributed by atoms with Gasteiger partial charge in [-0.2, -0.15) is 0 Å². The van der Waals surface area contributed by atoms with Crippen LogP contribution in [0.4, 0.5) is 0 Å². The molecule has 4 heteroatoms. The second-order valence-corrected chi connectivity index (χ2v) is 10.1. The van der Waals surface area contributed by atoms with E-state index in [4.69, 9.17) is 9.47 Å². The van der Waals surface area contributed by atoms with Crippen molar-refractivity contribution in [2.75, 3.05) is 14.2 Å². The number of fused-ring (bicyclic) bond motifs is 6. The third kappa shape index (κ3) is 1.83. The monoisotopic (exact) mass is 380 g/mol. The predicted octanol–water partition coefficient (Wildman–Crippen LogP) is 3.80. The van der Waals surface area contributed by atoms with Crippen LogP contribution < -0.4 is 0 Å². The van der Waals surface area contributed by atoms with Gasteiger partial charge in [-0.15, -0.1) is 0 Å². The molecule has 2 bridgehead atoms. The molecular weight excluding hydrogens is 352 g/mol. The molecule has 5 aliphatic carbocycles. The molecule has 0 aromatic heterocycles. The summed E-state index contributed by atoms with van der Waals surface area (Å²) < 4.78 is 10.2. The van der Waals surface area contributed by atoms with Crippen molar-refractivity contribution in [3.63, 3.8) is 0 Å². The molecule has 8 atom stereocenters. The number of carbonyl (C=O) groups excluding carboxylic acids is 2. The van der Waals surface area contributed by atoms with Gasteiger partial charge in [-0.25, -0.2) is 0 Å². The standard InChI is InChI=1S/C24H28O4/c1-27-21(25)23(22(26)28-2)11-16-19(13-6-4-3-5-7-13)24(16,12-23)20-17-14-8-9-15(10-14)18(17)20/h3-7,14-20H,8-12H2,1-2H3/t14?,15?,16-,17-,18+,19-,20?,24?/m0/s1. The van der Waals surface area contributed by atoms with Crippen LogP contribution >= 0.6 is 0 Å². The summed E-state index contributed by atoms with van der Waals surface area (Å²) in [6.45, 7) is 0. The van der Waals surface area contributed by atoms with Crippen molar-refractivity contribution in [1.82, 2.24) is 0 Å². The van der Waals surface area contributed by atoms with Crippen molar-refractivity contribution in [3.05, 3.63) is 35.9 Å². The molecule has 4 nitrogen and oxygen atoms in total. The zero-order valence-electron chi connectivity index (χ0n) is 16.6. The Kier molecular flexibility index (Phi) is 3.29. The Morgan fingerprint density at radius 3 is 2.14 bits per heavy atom. The van der Waals surface area contributed by atoms with E-state index in [1.807, 2.05) is 0 Å². The van der Waals surface area contributed by atoms with Crippen molar-refractivity contribution in [2.24, 2.45) is 46.3 Å². The van der Waals surface area contributed by atoms with E-state index in [1.165, 1.54) is 39.0 Å². The molecule has 28 heavy (non-hydrogen) atoms. The van der Waals surface area contributed by atoms with Crippen molar-refractivity contribution < 1.29 is 19.1 Å². The summed E-state index contributed by atoms with van der Waals surface area (Å²) in [6, 6.07) is 10.8. The van der Waals surface area contributed by atoms with E-state index in [-0.39, 0.29) is 5.41 Å². The molecule has 0 spiro atoms. The highest BCUT2D eigenvalue weighted by atomic mass is 16.5. The van der Waals surface area contributed by atoms with Crippen LogP contribution in [0.3, 0.4) is 0 Å². The largest absolute Gasteiger partial charge is 0.468 e. The van der Waals surface area contributed by atoms with E-state index in [0.717, 1.165) is 23.7 Å². The zero-order chi connectivity index (χ0) is 19.3. The molecule has 0 amide bonds. The van der Waals surface area contributed by atoms with Gasteiger partial charge in [-0.1, -0.05) is 30.3 Å². The normalized spacial score (nSPS) is 45.9. The summed E-state index contributed by atoms with van der Waals surface area (Å²) in [5.41, 5.74) is 0.364. The van der Waals surface area contributed by atoms with Gasteiger partial charge >= 0.3 is 11.9 Å². The van der Waals surface area contributed by atoms with Crippen molar-refractivity contribution in [2.45, 2.75) is 38.0 Å². The third-order valence-corrected chi connectivity index (χ3v) is 9.41. The fraction of sp³-hybridized carbons (Fsp3) is 0.667. The van der Waals surface area contributed by atoms with E-state index in [9.17, 15) is 9.59 Å². The van der Waals surface area contributed by atoms with Crippen molar-refractivity contribution in [3.8, 4) is 0 Å². The molecule has 6 rings (SSSR count). The van der Waals surface area contributed by atoms with Crippen LogP contribution in [0.2, 0.25) is 0 Å². The van der Waals surface area contributed by atoms with E-state index in [1.54, 1.807) is 0 Å². The summed E-state index contributed by atoms with van der Waals surface area (Å²) >= 11 is 0. The molecule has 0 heterocycles. The van der Waals surface area contributed by atoms with Gasteiger partial charge in [-0.05, 0) is 84.5 Å². The third-order valence-electron chi connectivity index (χ3n) is 9.41. The van der Waals surface area contributed by atoms with Gasteiger partial charge in [0.25, 0.3) is 0 Å². The van der Waals surface area contributed by atoms with Gasteiger partial charge in [0.2, 0.25) is 0 Å². The average molecular weight is 380 g/mol. The zero-order valence-corrected chi connectivity index (χ0v) is 16.6. The fourth-order valence-corrected chi connectivity index (χ4v) is 8.66. The first kappa shape index (κ1) is 17.1. The molecule has 5 fully saturated rings. The minimum atomic E-state index is -1.10. The van der Waals surface area contributed by atoms with Crippen molar-refractivity contribution in [1.29, 1.82) is 0 Å². The van der Waals surface area contributed by atoms with E-state index >= 15 is 0 Å². The second-order valence-electron chi connectivity index (χ2n) is 10.1. The molecule has 0 radical (unpaired) electrons. The van der Waals surface area contributed by atoms with Gasteiger partial charge in [0, 0.05) is 0 Å². The van der Waals surface area contributed by atoms with E-state index in [2.05, 4.69) is 30.3 Å². The van der Waals surface area contributed by atoms with Gasteiger partial charge in [0.1, 0.15) is 0 Å². The molecule has 4 unspecified atom stereocenters. The second kappa shape index (κ2) is 5.40. The van der Waals surface area contributed by atoms with Gasteiger partial charge < -0.3 is 9.47 Å². The number of rotatable bonds is 4. The SMILES string of the molecule is COC(=O)C1(C(=O)OC)C[C@H]2[C@H](c3ccccc3)C2(C2[C@H]3C4CCC(C4)[C@@H]23)C1. The van der Waals surface area contributed by atoms with Gasteiger partial charge in [0.05, 0.1) is 14.2 Å². The number of methoxy groups -OCH3 is 2. The minimum absolute atomic E-state index is 0.0837. The average Bonchev–Trinajstić information content (AvgIpc) is 3.41. The number of carbonyl (C=O) groups is 2. The smallest absolute Gasteiger partial charge is 0.323 e. The number of benzene rings is 1. The first-order valence-corrected chi connectivity index (χ1v) is 10.8. The lowest BCUT2D eigenvalue weighted by Gasteiger charge is -2.30. The molecule has 0 aliphatic heterocycles. The molecule has 5 aliphatic rings. The maximum atomic E-state index is 12.8. The van der Waals surface area contributed by atoms with E-state index < -0.39 is 17.4 Å². The molecule has 5 saturated carbocycles. The maximum absolute atomic E-state index is 12.8. The highest BCUT2D eigenvalue weighted by Gasteiger charge is 2.85. The van der Waals surface area contributed by atoms with Crippen LogP contribution in [0.5, 0.6) is 0 Å². The highest BCUT2D eigenvalue weighted by molar-refractivity contribution is 6.01. The van der Waals surface area contributed by atoms with E-state index in [0.29, 0.717) is 30.6 Å². The highest BCUT2D eigenvalue weighted by Crippen LogP contribution is 2.89. The lowest BCUT2D eigenvalue weighted by Crippen LogP contribution is -2.41. The molecule has 1 aromatic carbocycles. The van der Waals surface area contributed by atoms with Crippen molar-refractivity contribution >= 4 is 11.9 Å². The Bertz CT molecular complexity index is 815. The molecule has 0 N–H and O–H groups in total. The van der Waals surface area contributed by atoms with Crippen LogP contribution in [-0.2, 0) is 19.1 Å². The van der Waals surface area contributed by atoms with Gasteiger partial charge in [-0.3, -0.25) is 9.59 Å². The number of ether oxygens (including phenoxy) is 2. The number of hydrogen-bond acceptors (Lipinski definition) is 4. The Labute approximate surface area is 166 Å². The van der Waals surface area contributed by atoms with Crippen LogP contribution in [0, 0.1) is 46.3 Å². The first-order valence-electron chi connectivity index (χ1n) is 10.8. The number of esters is 2. The molecule has 1 aromatic rings. The molecule has 148 valence electrons. The summed E-state index contributed by atoms with van der Waals surface area (Å²) in [7, 11) is 2.79. The maximum Gasteiger partial charge on any atom is 0.323 e. The Hall–Kier alpha value is -1.84.